The van der Waals surface area contributed by atoms with E-state index in [1.54, 1.807) is 6.08 Å². The first kappa shape index (κ1) is 15.8. The Morgan fingerprint density at radius 1 is 1.05 bits per heavy atom. The number of hydrogen-bond donors (Lipinski definition) is 1. The number of nitrogens with one attached hydrogen (secondary N) is 1. The predicted octanol–water partition coefficient (Wildman–Crippen LogP) is -0.642. The molecule has 0 radical (unpaired) electrons. The number of carbonyl (C=O) groups is 2. The summed E-state index contributed by atoms with van der Waals surface area (Å²) in [5.74, 6) is 0.00264. The SMILES string of the molecule is C=CCNC(=O)CN1CCN(C(=O)N2CCOCC2)CC1. The molecule has 7 heteroatoms. The Bertz CT molecular complexity index is 374. The number of urea groups is 1. The fourth-order valence-corrected chi connectivity index (χ4v) is 2.50. The average molecular weight is 296 g/mol. The summed E-state index contributed by atoms with van der Waals surface area (Å²) in [6, 6.07) is 0.0917. The van der Waals surface area contributed by atoms with Gasteiger partial charge < -0.3 is 19.9 Å². The lowest BCUT2D eigenvalue weighted by atomic mass is 10.3. The van der Waals surface area contributed by atoms with E-state index in [1.165, 1.54) is 0 Å². The topological polar surface area (TPSA) is 65.1 Å². The second kappa shape index (κ2) is 7.99. The van der Waals surface area contributed by atoms with Crippen molar-refractivity contribution in [3.63, 3.8) is 0 Å². The third-order valence-corrected chi connectivity index (χ3v) is 3.74. The van der Waals surface area contributed by atoms with Crippen molar-refractivity contribution in [3.05, 3.63) is 12.7 Å². The van der Waals surface area contributed by atoms with Crippen molar-refractivity contribution in [1.82, 2.24) is 20.0 Å². The molecule has 0 saturated carbocycles. The smallest absolute Gasteiger partial charge is 0.320 e. The normalized spacial score (nSPS) is 20.2. The van der Waals surface area contributed by atoms with Gasteiger partial charge in [0, 0.05) is 45.8 Å². The molecule has 118 valence electrons. The number of carbonyl (C=O) groups excluding carboxylic acids is 2. The molecule has 1 N–H and O–H groups in total. The minimum absolute atomic E-state index is 0.00264. The summed E-state index contributed by atoms with van der Waals surface area (Å²) in [4.78, 5) is 29.7. The second-order valence-electron chi connectivity index (χ2n) is 5.24. The van der Waals surface area contributed by atoms with Gasteiger partial charge in [0.15, 0.2) is 0 Å². The molecule has 2 fully saturated rings. The molecule has 0 spiro atoms. The van der Waals surface area contributed by atoms with Crippen LogP contribution in [0.3, 0.4) is 0 Å². The molecular formula is C14H24N4O3. The summed E-state index contributed by atoms with van der Waals surface area (Å²) in [6.07, 6.45) is 1.66. The van der Waals surface area contributed by atoms with Gasteiger partial charge in [-0.2, -0.15) is 0 Å². The molecule has 0 aromatic rings. The molecule has 7 nitrogen and oxygen atoms in total. The lowest BCUT2D eigenvalue weighted by molar-refractivity contribution is -0.122. The Hall–Kier alpha value is -1.60. The van der Waals surface area contributed by atoms with Crippen molar-refractivity contribution < 1.29 is 14.3 Å². The van der Waals surface area contributed by atoms with Crippen LogP contribution in [-0.2, 0) is 9.53 Å². The van der Waals surface area contributed by atoms with Gasteiger partial charge in [0.1, 0.15) is 0 Å². The van der Waals surface area contributed by atoms with E-state index in [0.29, 0.717) is 52.5 Å². The highest BCUT2D eigenvalue weighted by Gasteiger charge is 2.26. The molecule has 0 aliphatic carbocycles. The van der Waals surface area contributed by atoms with Crippen molar-refractivity contribution in [2.24, 2.45) is 0 Å². The van der Waals surface area contributed by atoms with Crippen LogP contribution in [0.25, 0.3) is 0 Å². The molecule has 0 atom stereocenters. The van der Waals surface area contributed by atoms with E-state index < -0.39 is 0 Å². The molecule has 21 heavy (non-hydrogen) atoms. The molecule has 0 aromatic carbocycles. The largest absolute Gasteiger partial charge is 0.378 e. The standard InChI is InChI=1S/C14H24N4O3/c1-2-3-15-13(19)12-16-4-6-17(7-5-16)14(20)18-8-10-21-11-9-18/h2H,1,3-12H2,(H,15,19). The van der Waals surface area contributed by atoms with Crippen molar-refractivity contribution in [3.8, 4) is 0 Å². The molecule has 2 saturated heterocycles. The number of rotatable bonds is 4. The predicted molar refractivity (Wildman–Crippen MR) is 79.0 cm³/mol. The Labute approximate surface area is 125 Å². The number of hydrogen-bond acceptors (Lipinski definition) is 4. The third-order valence-electron chi connectivity index (χ3n) is 3.74. The van der Waals surface area contributed by atoms with Crippen molar-refractivity contribution in [1.29, 1.82) is 0 Å². The van der Waals surface area contributed by atoms with Gasteiger partial charge >= 0.3 is 6.03 Å². The Morgan fingerprint density at radius 3 is 2.29 bits per heavy atom. The van der Waals surface area contributed by atoms with Crippen LogP contribution in [0.1, 0.15) is 0 Å². The second-order valence-corrected chi connectivity index (χ2v) is 5.24. The van der Waals surface area contributed by atoms with E-state index in [9.17, 15) is 9.59 Å². The van der Waals surface area contributed by atoms with E-state index in [1.807, 2.05) is 9.80 Å². The van der Waals surface area contributed by atoms with Gasteiger partial charge in [-0.3, -0.25) is 9.69 Å². The van der Waals surface area contributed by atoms with Gasteiger partial charge in [-0.05, 0) is 0 Å². The van der Waals surface area contributed by atoms with Crippen LogP contribution >= 0.6 is 0 Å². The van der Waals surface area contributed by atoms with Gasteiger partial charge in [-0.1, -0.05) is 6.08 Å². The highest BCUT2D eigenvalue weighted by Crippen LogP contribution is 2.07. The number of morpholine rings is 1. The first-order chi connectivity index (χ1) is 10.2. The molecule has 3 amide bonds. The highest BCUT2D eigenvalue weighted by molar-refractivity contribution is 5.78. The molecule has 2 rings (SSSR count). The van der Waals surface area contributed by atoms with Gasteiger partial charge in [-0.15, -0.1) is 6.58 Å². The summed E-state index contributed by atoms with van der Waals surface area (Å²) in [7, 11) is 0. The first-order valence-electron chi connectivity index (χ1n) is 7.42. The Balaban J connectivity index is 1.71. The van der Waals surface area contributed by atoms with Crippen LogP contribution in [0, 0.1) is 0 Å². The molecule has 2 heterocycles. The zero-order chi connectivity index (χ0) is 15.1. The van der Waals surface area contributed by atoms with Crippen LogP contribution in [0.5, 0.6) is 0 Å². The van der Waals surface area contributed by atoms with Crippen LogP contribution in [0.15, 0.2) is 12.7 Å². The van der Waals surface area contributed by atoms with Crippen LogP contribution in [-0.4, -0.2) is 92.2 Å². The van der Waals surface area contributed by atoms with Gasteiger partial charge in [0.25, 0.3) is 0 Å². The number of nitrogens with zero attached hydrogens (tertiary/aromatic N) is 3. The van der Waals surface area contributed by atoms with E-state index in [2.05, 4.69) is 16.8 Å². The third kappa shape index (κ3) is 4.71. The summed E-state index contributed by atoms with van der Waals surface area (Å²) in [5.41, 5.74) is 0. The van der Waals surface area contributed by atoms with E-state index in [4.69, 9.17) is 4.74 Å². The monoisotopic (exact) mass is 296 g/mol. The zero-order valence-corrected chi connectivity index (χ0v) is 12.4. The lowest BCUT2D eigenvalue weighted by Crippen LogP contribution is -2.55. The molecular weight excluding hydrogens is 272 g/mol. The van der Waals surface area contributed by atoms with Crippen molar-refractivity contribution >= 4 is 11.9 Å². The van der Waals surface area contributed by atoms with Crippen LogP contribution in [0.2, 0.25) is 0 Å². The van der Waals surface area contributed by atoms with E-state index in [0.717, 1.165) is 13.1 Å². The molecule has 0 unspecified atom stereocenters. The van der Waals surface area contributed by atoms with Crippen molar-refractivity contribution in [2.75, 3.05) is 65.6 Å². The Morgan fingerprint density at radius 2 is 1.67 bits per heavy atom. The molecule has 0 bridgehead atoms. The van der Waals surface area contributed by atoms with Crippen LogP contribution < -0.4 is 5.32 Å². The summed E-state index contributed by atoms with van der Waals surface area (Å²) < 4.78 is 5.26. The highest BCUT2D eigenvalue weighted by atomic mass is 16.5. The molecule has 2 aliphatic rings. The fraction of sp³-hybridized carbons (Fsp3) is 0.714. The maximum Gasteiger partial charge on any atom is 0.320 e. The quantitative estimate of drug-likeness (QED) is 0.701. The van der Waals surface area contributed by atoms with Crippen molar-refractivity contribution in [2.45, 2.75) is 0 Å². The minimum atomic E-state index is 0.00264. The van der Waals surface area contributed by atoms with Gasteiger partial charge in [-0.25, -0.2) is 4.79 Å². The maximum absolute atomic E-state index is 12.3. The lowest BCUT2D eigenvalue weighted by Gasteiger charge is -2.38. The maximum atomic E-state index is 12.3. The minimum Gasteiger partial charge on any atom is -0.378 e. The van der Waals surface area contributed by atoms with E-state index in [-0.39, 0.29) is 11.9 Å². The number of amides is 3. The summed E-state index contributed by atoms with van der Waals surface area (Å²) in [5, 5.41) is 2.76. The van der Waals surface area contributed by atoms with Crippen LogP contribution in [0.4, 0.5) is 4.79 Å². The van der Waals surface area contributed by atoms with Gasteiger partial charge in [0.05, 0.1) is 19.8 Å². The molecule has 2 aliphatic heterocycles. The van der Waals surface area contributed by atoms with Gasteiger partial charge in [0.2, 0.25) is 5.91 Å². The van der Waals surface area contributed by atoms with E-state index >= 15 is 0 Å². The fourth-order valence-electron chi connectivity index (χ4n) is 2.50. The molecule has 0 aromatic heterocycles. The Kier molecular flexibility index (Phi) is 6.01. The number of piperazine rings is 1. The average Bonchev–Trinajstić information content (AvgIpc) is 2.54. The first-order valence-corrected chi connectivity index (χ1v) is 7.42. The number of ether oxygens (including phenoxy) is 1. The zero-order valence-electron chi connectivity index (χ0n) is 12.4. The summed E-state index contributed by atoms with van der Waals surface area (Å²) >= 11 is 0. The summed E-state index contributed by atoms with van der Waals surface area (Å²) in [6.45, 7) is 9.83.